The van der Waals surface area contributed by atoms with Crippen LogP contribution in [0.3, 0.4) is 0 Å². The van der Waals surface area contributed by atoms with Crippen LogP contribution in [0.4, 0.5) is 15.8 Å². The fraction of sp³-hybridized carbons (Fsp3) is 0.400. The smallest absolute Gasteiger partial charge is 0.123 e. The van der Waals surface area contributed by atoms with Crippen molar-refractivity contribution in [1.29, 1.82) is 5.26 Å². The molecule has 2 heterocycles. The van der Waals surface area contributed by atoms with Gasteiger partial charge in [0, 0.05) is 23.3 Å². The molecular weight excluding hydrogens is 513 g/mol. The molecule has 0 radical (unpaired) electrons. The van der Waals surface area contributed by atoms with Crippen LogP contribution in [0.5, 0.6) is 0 Å². The van der Waals surface area contributed by atoms with Gasteiger partial charge in [0.25, 0.3) is 0 Å². The third-order valence-electron chi connectivity index (χ3n) is 8.49. The van der Waals surface area contributed by atoms with Crippen LogP contribution >= 0.6 is 11.6 Å². The molecule has 1 spiro atoms. The Morgan fingerprint density at radius 3 is 2.72 bits per heavy atom. The summed E-state index contributed by atoms with van der Waals surface area (Å²) in [6, 6.07) is 10.8. The normalized spacial score (nSPS) is 21.7. The molecule has 0 bridgehead atoms. The highest BCUT2D eigenvalue weighted by atomic mass is 35.5. The Morgan fingerprint density at radius 1 is 1.18 bits per heavy atom. The highest BCUT2D eigenvalue weighted by Crippen LogP contribution is 2.58. The minimum Gasteiger partial charge on any atom is -0.380 e. The van der Waals surface area contributed by atoms with Crippen LogP contribution in [-0.2, 0) is 0 Å². The molecule has 0 amide bonds. The molecule has 198 valence electrons. The minimum atomic E-state index is -1.58. The number of nitriles is 1. The summed E-state index contributed by atoms with van der Waals surface area (Å²) in [4.78, 5) is 4.50. The van der Waals surface area contributed by atoms with Crippen molar-refractivity contribution < 1.29 is 5.76 Å². The van der Waals surface area contributed by atoms with Crippen molar-refractivity contribution >= 4 is 33.9 Å². The van der Waals surface area contributed by atoms with Gasteiger partial charge in [-0.15, -0.1) is 5.10 Å². The Kier molecular flexibility index (Phi) is 5.65. The van der Waals surface area contributed by atoms with E-state index in [-0.39, 0.29) is 5.82 Å². The number of anilines is 2. The van der Waals surface area contributed by atoms with Crippen LogP contribution in [0.25, 0.3) is 10.9 Å². The lowest BCUT2D eigenvalue weighted by atomic mass is 9.85. The number of nitrogens with one attached hydrogen (secondary N) is 2. The van der Waals surface area contributed by atoms with E-state index in [0.717, 1.165) is 30.3 Å². The van der Waals surface area contributed by atoms with Crippen LogP contribution in [0, 0.1) is 22.6 Å². The largest absolute Gasteiger partial charge is 0.380 e. The van der Waals surface area contributed by atoms with E-state index in [9.17, 15) is 11.0 Å². The summed E-state index contributed by atoms with van der Waals surface area (Å²) in [7, 11) is 0. The van der Waals surface area contributed by atoms with Crippen molar-refractivity contribution in [3.63, 3.8) is 0 Å². The van der Waals surface area contributed by atoms with Gasteiger partial charge < -0.3 is 10.6 Å². The van der Waals surface area contributed by atoms with E-state index in [1.807, 2.05) is 6.07 Å². The average Bonchev–Trinajstić information content (AvgIpc) is 3.86. The summed E-state index contributed by atoms with van der Waals surface area (Å²) >= 11 is 6.76. The number of benzene rings is 2. The van der Waals surface area contributed by atoms with Crippen molar-refractivity contribution in [3.05, 3.63) is 76.5 Å². The summed E-state index contributed by atoms with van der Waals surface area (Å²) < 4.78 is 25.2. The van der Waals surface area contributed by atoms with Gasteiger partial charge in [0.2, 0.25) is 0 Å². The van der Waals surface area contributed by atoms with Crippen molar-refractivity contribution in [2.45, 2.75) is 69.5 Å². The zero-order valence-electron chi connectivity index (χ0n) is 22.4. The molecular formula is C30H29ClFN7. The van der Waals surface area contributed by atoms with Gasteiger partial charge in [-0.3, -0.25) is 4.98 Å². The number of halogens is 2. The molecule has 3 aliphatic carbocycles. The van der Waals surface area contributed by atoms with Crippen molar-refractivity contribution in [2.75, 3.05) is 10.6 Å². The first-order chi connectivity index (χ1) is 19.4. The topological polar surface area (TPSA) is 91.5 Å². The molecule has 4 aromatic rings. The number of rotatable bonds is 7. The number of aromatic nitrogens is 4. The summed E-state index contributed by atoms with van der Waals surface area (Å²) in [6.07, 6.45) is 12.7. The zero-order valence-corrected chi connectivity index (χ0v) is 22.2. The molecule has 2 aromatic carbocycles. The van der Waals surface area contributed by atoms with Crippen molar-refractivity contribution in [1.82, 2.24) is 20.0 Å². The SMILES string of the molecule is [2H]C(Nc1cc(Cl)c2ncc(C#N)c(NC3CC34CCCCC4)c2c1)(c1ccc(F)cc1)c1cn(C2CC2)nn1. The Balaban J connectivity index is 1.30. The lowest BCUT2D eigenvalue weighted by Crippen LogP contribution is -2.18. The van der Waals surface area contributed by atoms with Crippen LogP contribution < -0.4 is 10.6 Å². The van der Waals surface area contributed by atoms with Crippen LogP contribution in [0.1, 0.15) is 81.6 Å². The van der Waals surface area contributed by atoms with E-state index in [1.54, 1.807) is 35.3 Å². The number of hydrogen-bond donors (Lipinski definition) is 2. The quantitative estimate of drug-likeness (QED) is 0.257. The maximum absolute atomic E-state index is 13.8. The second kappa shape index (κ2) is 9.49. The average molecular weight is 543 g/mol. The monoisotopic (exact) mass is 542 g/mol. The van der Waals surface area contributed by atoms with Gasteiger partial charge in [0.15, 0.2) is 0 Å². The van der Waals surface area contributed by atoms with Crippen LogP contribution in [0.15, 0.2) is 48.8 Å². The Hall–Kier alpha value is -3.70. The number of nitrogens with zero attached hydrogens (tertiary/aromatic N) is 5. The second-order valence-corrected chi connectivity index (χ2v) is 11.6. The predicted octanol–water partition coefficient (Wildman–Crippen LogP) is 7.16. The molecule has 7 rings (SSSR count). The Labute approximate surface area is 232 Å². The highest BCUT2D eigenvalue weighted by molar-refractivity contribution is 6.35. The third-order valence-corrected chi connectivity index (χ3v) is 8.78. The lowest BCUT2D eigenvalue weighted by Gasteiger charge is -2.23. The molecule has 2 atom stereocenters. The molecule has 0 saturated heterocycles. The fourth-order valence-electron chi connectivity index (χ4n) is 6.06. The lowest BCUT2D eigenvalue weighted by molar-refractivity contribution is 0.330. The molecule has 0 aliphatic heterocycles. The number of hydrogen-bond acceptors (Lipinski definition) is 6. The first kappa shape index (κ1) is 23.2. The Bertz CT molecular complexity index is 1640. The van der Waals surface area contributed by atoms with Gasteiger partial charge in [-0.1, -0.05) is 48.2 Å². The number of fused-ring (bicyclic) bond motifs is 1. The van der Waals surface area contributed by atoms with E-state index in [4.69, 9.17) is 11.6 Å². The predicted molar refractivity (Wildman–Crippen MR) is 149 cm³/mol. The van der Waals surface area contributed by atoms with E-state index in [1.165, 1.54) is 44.2 Å². The zero-order chi connectivity index (χ0) is 27.5. The molecule has 9 heteroatoms. The van der Waals surface area contributed by atoms with Gasteiger partial charge in [-0.25, -0.2) is 9.07 Å². The van der Waals surface area contributed by atoms with E-state index < -0.39 is 6.02 Å². The molecule has 39 heavy (non-hydrogen) atoms. The first-order valence-electron chi connectivity index (χ1n) is 14.1. The van der Waals surface area contributed by atoms with Crippen LogP contribution in [0.2, 0.25) is 5.02 Å². The summed E-state index contributed by atoms with van der Waals surface area (Å²) in [5.74, 6) is -0.386. The van der Waals surface area contributed by atoms with Crippen molar-refractivity contribution in [3.8, 4) is 6.07 Å². The number of pyridine rings is 1. The molecule has 3 saturated carbocycles. The maximum Gasteiger partial charge on any atom is 0.123 e. The molecule has 3 fully saturated rings. The maximum atomic E-state index is 13.8. The van der Waals surface area contributed by atoms with Crippen molar-refractivity contribution in [2.24, 2.45) is 5.41 Å². The second-order valence-electron chi connectivity index (χ2n) is 11.2. The van der Waals surface area contributed by atoms with E-state index in [0.29, 0.717) is 50.5 Å². The standard InChI is InChI=1S/C30H29ClFN7/c31-24-13-21(35-28(18-4-6-20(32)7-5-18)25-17-39(38-37-25)22-8-9-22)12-23-27(19(15-33)16-34-29(23)24)36-26-14-30(26)10-2-1-3-11-30/h4-7,12-13,16-17,22,26,28,35H,1-3,8-11,14H2,(H,34,36)/i28D. The molecule has 2 aromatic heterocycles. The van der Waals surface area contributed by atoms with Gasteiger partial charge in [-0.05, 0) is 67.3 Å². The van der Waals surface area contributed by atoms with E-state index in [2.05, 4.69) is 32.0 Å². The minimum absolute atomic E-state index is 0.299. The van der Waals surface area contributed by atoms with Gasteiger partial charge >= 0.3 is 0 Å². The first-order valence-corrected chi connectivity index (χ1v) is 14.0. The summed E-state index contributed by atoms with van der Waals surface area (Å²) in [5, 5.41) is 26.7. The summed E-state index contributed by atoms with van der Waals surface area (Å²) in [5.41, 5.74) is 3.54. The molecule has 2 N–H and O–H groups in total. The van der Waals surface area contributed by atoms with E-state index >= 15 is 0 Å². The highest BCUT2D eigenvalue weighted by Gasteiger charge is 2.54. The fourth-order valence-corrected chi connectivity index (χ4v) is 6.33. The van der Waals surface area contributed by atoms with Crippen LogP contribution in [-0.4, -0.2) is 26.0 Å². The molecule has 2 unspecified atom stereocenters. The Morgan fingerprint density at radius 2 is 1.97 bits per heavy atom. The summed E-state index contributed by atoms with van der Waals surface area (Å²) in [6.45, 7) is 0. The van der Waals surface area contributed by atoms with Gasteiger partial charge in [0.1, 0.15) is 17.6 Å². The molecule has 7 nitrogen and oxygen atoms in total. The van der Waals surface area contributed by atoms with Gasteiger partial charge in [0.05, 0.1) is 41.4 Å². The third kappa shape index (κ3) is 4.59. The molecule has 3 aliphatic rings. The van der Waals surface area contributed by atoms with Gasteiger partial charge in [-0.2, -0.15) is 5.26 Å².